The molecule has 0 unspecified atom stereocenters. The number of nitrogens with one attached hydrogen (secondary N) is 1. The van der Waals surface area contributed by atoms with Gasteiger partial charge in [0.2, 0.25) is 0 Å². The summed E-state index contributed by atoms with van der Waals surface area (Å²) in [7, 11) is 1.84. The predicted molar refractivity (Wildman–Crippen MR) is 83.3 cm³/mol. The summed E-state index contributed by atoms with van der Waals surface area (Å²) in [4.78, 5) is 0.317. The van der Waals surface area contributed by atoms with Crippen molar-refractivity contribution >= 4 is 40.3 Å². The van der Waals surface area contributed by atoms with Gasteiger partial charge in [0.15, 0.2) is 0 Å². The SMILES string of the molecule is Cc1cccc(Cl)c1Nc1c(C(N)=S)c(C)nn1C. The molecule has 19 heavy (non-hydrogen) atoms. The van der Waals surface area contributed by atoms with E-state index in [9.17, 15) is 0 Å². The predicted octanol–water partition coefficient (Wildman–Crippen LogP) is 3.07. The number of para-hydroxylation sites is 1. The van der Waals surface area contributed by atoms with Gasteiger partial charge in [0, 0.05) is 7.05 Å². The Morgan fingerprint density at radius 2 is 2.11 bits per heavy atom. The molecule has 0 bridgehead atoms. The van der Waals surface area contributed by atoms with E-state index in [0.717, 1.165) is 28.3 Å². The lowest BCUT2D eigenvalue weighted by molar-refractivity contribution is 0.765. The fourth-order valence-corrected chi connectivity index (χ4v) is 2.52. The second kappa shape index (κ2) is 5.19. The zero-order valence-electron chi connectivity index (χ0n) is 11.0. The summed E-state index contributed by atoms with van der Waals surface area (Å²) >= 11 is 11.3. The summed E-state index contributed by atoms with van der Waals surface area (Å²) in [6, 6.07) is 5.73. The highest BCUT2D eigenvalue weighted by Crippen LogP contribution is 2.30. The molecule has 0 saturated heterocycles. The molecule has 0 spiro atoms. The maximum Gasteiger partial charge on any atom is 0.139 e. The maximum atomic E-state index is 6.21. The third-order valence-electron chi connectivity index (χ3n) is 2.93. The molecule has 0 radical (unpaired) electrons. The summed E-state index contributed by atoms with van der Waals surface area (Å²) < 4.78 is 1.71. The van der Waals surface area contributed by atoms with Gasteiger partial charge in [0.05, 0.1) is 22.0 Å². The molecule has 0 saturated carbocycles. The molecule has 0 amide bonds. The van der Waals surface area contributed by atoms with Gasteiger partial charge in [-0.1, -0.05) is 36.0 Å². The molecule has 0 atom stereocenters. The van der Waals surface area contributed by atoms with E-state index < -0.39 is 0 Å². The van der Waals surface area contributed by atoms with Crippen LogP contribution in [-0.4, -0.2) is 14.8 Å². The monoisotopic (exact) mass is 294 g/mol. The van der Waals surface area contributed by atoms with Crippen LogP contribution in [0.3, 0.4) is 0 Å². The second-order valence-electron chi connectivity index (χ2n) is 4.35. The van der Waals surface area contributed by atoms with E-state index in [1.165, 1.54) is 0 Å². The molecule has 100 valence electrons. The quantitative estimate of drug-likeness (QED) is 0.854. The molecule has 0 aliphatic carbocycles. The highest BCUT2D eigenvalue weighted by Gasteiger charge is 2.17. The first-order valence-electron chi connectivity index (χ1n) is 5.77. The van der Waals surface area contributed by atoms with Crippen LogP contribution in [-0.2, 0) is 7.05 Å². The number of aromatic nitrogens is 2. The van der Waals surface area contributed by atoms with E-state index >= 15 is 0 Å². The van der Waals surface area contributed by atoms with Crippen molar-refractivity contribution < 1.29 is 0 Å². The molecule has 1 aromatic carbocycles. The summed E-state index contributed by atoms with van der Waals surface area (Å²) in [5.74, 6) is 0.751. The van der Waals surface area contributed by atoms with Crippen LogP contribution in [0.15, 0.2) is 18.2 Å². The number of hydrogen-bond acceptors (Lipinski definition) is 3. The van der Waals surface area contributed by atoms with Gasteiger partial charge >= 0.3 is 0 Å². The number of nitrogens with two attached hydrogens (primary N) is 1. The van der Waals surface area contributed by atoms with Gasteiger partial charge in [-0.2, -0.15) is 5.10 Å². The minimum absolute atomic E-state index is 0.317. The van der Waals surface area contributed by atoms with Crippen LogP contribution in [0.4, 0.5) is 11.5 Å². The summed E-state index contributed by atoms with van der Waals surface area (Å²) in [5, 5.41) is 8.26. The van der Waals surface area contributed by atoms with Crippen molar-refractivity contribution in [3.8, 4) is 0 Å². The van der Waals surface area contributed by atoms with Crippen LogP contribution in [0.5, 0.6) is 0 Å². The van der Waals surface area contributed by atoms with Crippen molar-refractivity contribution in [2.24, 2.45) is 12.8 Å². The number of aryl methyl sites for hydroxylation is 3. The normalized spacial score (nSPS) is 10.5. The van der Waals surface area contributed by atoms with Crippen molar-refractivity contribution in [3.63, 3.8) is 0 Å². The Bertz CT molecular complexity index is 628. The van der Waals surface area contributed by atoms with Crippen molar-refractivity contribution in [2.45, 2.75) is 13.8 Å². The van der Waals surface area contributed by atoms with Gasteiger partial charge in [-0.25, -0.2) is 0 Å². The highest BCUT2D eigenvalue weighted by molar-refractivity contribution is 7.80. The fraction of sp³-hybridized carbons (Fsp3) is 0.231. The molecule has 3 N–H and O–H groups in total. The molecule has 2 aromatic rings. The lowest BCUT2D eigenvalue weighted by Crippen LogP contribution is -2.13. The molecular weight excluding hydrogens is 280 g/mol. The number of hydrogen-bond donors (Lipinski definition) is 2. The highest BCUT2D eigenvalue weighted by atomic mass is 35.5. The van der Waals surface area contributed by atoms with Gasteiger partial charge in [-0.15, -0.1) is 0 Å². The van der Waals surface area contributed by atoms with Gasteiger partial charge < -0.3 is 11.1 Å². The summed E-state index contributed by atoms with van der Waals surface area (Å²) in [6.45, 7) is 3.86. The van der Waals surface area contributed by atoms with Gasteiger partial charge in [0.25, 0.3) is 0 Å². The Balaban J connectivity index is 2.53. The number of thiocarbonyl (C=S) groups is 1. The lowest BCUT2D eigenvalue weighted by atomic mass is 10.2. The Kier molecular flexibility index (Phi) is 3.78. The molecule has 1 aromatic heterocycles. The molecular formula is C13H15ClN4S. The number of halogens is 1. The first-order chi connectivity index (χ1) is 8.91. The third-order valence-corrected chi connectivity index (χ3v) is 3.45. The maximum absolute atomic E-state index is 6.21. The Morgan fingerprint density at radius 1 is 1.42 bits per heavy atom. The van der Waals surface area contributed by atoms with E-state index in [0.29, 0.717) is 10.0 Å². The topological polar surface area (TPSA) is 55.9 Å². The van der Waals surface area contributed by atoms with E-state index in [2.05, 4.69) is 10.4 Å². The molecule has 2 rings (SSSR count). The van der Waals surface area contributed by atoms with Crippen LogP contribution in [0, 0.1) is 13.8 Å². The molecule has 0 aliphatic rings. The minimum Gasteiger partial charge on any atom is -0.389 e. The summed E-state index contributed by atoms with van der Waals surface area (Å²) in [5.41, 5.74) is 9.18. The average molecular weight is 295 g/mol. The standard InChI is InChI=1S/C13H15ClN4S/c1-7-5-4-6-9(14)11(7)16-13-10(12(15)19)8(2)17-18(13)3/h4-6,16H,1-3H3,(H2,15,19). The number of nitrogens with zero attached hydrogens (tertiary/aromatic N) is 2. The van der Waals surface area contributed by atoms with E-state index in [1.807, 2.05) is 39.1 Å². The Labute approximate surface area is 122 Å². The number of rotatable bonds is 3. The molecule has 6 heteroatoms. The third kappa shape index (κ3) is 2.57. The van der Waals surface area contributed by atoms with Crippen LogP contribution in [0.1, 0.15) is 16.8 Å². The van der Waals surface area contributed by atoms with Crippen LogP contribution in [0.25, 0.3) is 0 Å². The van der Waals surface area contributed by atoms with E-state index in [-0.39, 0.29) is 0 Å². The lowest BCUT2D eigenvalue weighted by Gasteiger charge is -2.13. The van der Waals surface area contributed by atoms with Crippen LogP contribution >= 0.6 is 23.8 Å². The first-order valence-corrected chi connectivity index (χ1v) is 6.56. The zero-order chi connectivity index (χ0) is 14.2. The average Bonchev–Trinajstić information content (AvgIpc) is 2.58. The van der Waals surface area contributed by atoms with Crippen molar-refractivity contribution in [1.29, 1.82) is 0 Å². The van der Waals surface area contributed by atoms with Gasteiger partial charge in [-0.3, -0.25) is 4.68 Å². The molecule has 4 nitrogen and oxygen atoms in total. The smallest absolute Gasteiger partial charge is 0.139 e. The largest absolute Gasteiger partial charge is 0.389 e. The van der Waals surface area contributed by atoms with Crippen molar-refractivity contribution in [2.75, 3.05) is 5.32 Å². The summed E-state index contributed by atoms with van der Waals surface area (Å²) in [6.07, 6.45) is 0. The van der Waals surface area contributed by atoms with Gasteiger partial charge in [0.1, 0.15) is 10.8 Å². The molecule has 0 fully saturated rings. The zero-order valence-corrected chi connectivity index (χ0v) is 12.6. The van der Waals surface area contributed by atoms with Crippen molar-refractivity contribution in [1.82, 2.24) is 9.78 Å². The number of benzene rings is 1. The van der Waals surface area contributed by atoms with Gasteiger partial charge in [-0.05, 0) is 25.5 Å². The van der Waals surface area contributed by atoms with E-state index in [1.54, 1.807) is 4.68 Å². The minimum atomic E-state index is 0.317. The Morgan fingerprint density at radius 3 is 2.68 bits per heavy atom. The van der Waals surface area contributed by atoms with Crippen LogP contribution in [0.2, 0.25) is 5.02 Å². The van der Waals surface area contributed by atoms with Crippen molar-refractivity contribution in [3.05, 3.63) is 40.0 Å². The fourth-order valence-electron chi connectivity index (χ4n) is 2.01. The Hall–Kier alpha value is -1.59. The first kappa shape index (κ1) is 13.8. The van der Waals surface area contributed by atoms with E-state index in [4.69, 9.17) is 29.6 Å². The second-order valence-corrected chi connectivity index (χ2v) is 5.20. The number of anilines is 2. The molecule has 1 heterocycles. The van der Waals surface area contributed by atoms with Crippen LogP contribution < -0.4 is 11.1 Å². The molecule has 0 aliphatic heterocycles.